The van der Waals surface area contributed by atoms with Crippen molar-refractivity contribution in [1.82, 2.24) is 9.88 Å². The maximum Gasteiger partial charge on any atom is 0.335 e. The van der Waals surface area contributed by atoms with Crippen molar-refractivity contribution >= 4 is 76.0 Å². The van der Waals surface area contributed by atoms with E-state index in [1.54, 1.807) is 24.5 Å². The van der Waals surface area contributed by atoms with Crippen LogP contribution >= 0.6 is 35.4 Å². The van der Waals surface area contributed by atoms with Crippen molar-refractivity contribution in [3.63, 3.8) is 0 Å². The number of benzene rings is 2. The summed E-state index contributed by atoms with van der Waals surface area (Å²) >= 11 is 17.3. The number of carboxylic acids is 2. The second kappa shape index (κ2) is 9.81. The molecule has 0 atom stereocenters. The Kier molecular flexibility index (Phi) is 6.92. The summed E-state index contributed by atoms with van der Waals surface area (Å²) in [5.41, 5.74) is 1.65. The van der Waals surface area contributed by atoms with Crippen LogP contribution in [-0.4, -0.2) is 43.6 Å². The van der Waals surface area contributed by atoms with Crippen LogP contribution in [0.4, 0.5) is 5.69 Å². The summed E-state index contributed by atoms with van der Waals surface area (Å²) in [5.74, 6) is -3.94. The van der Waals surface area contributed by atoms with E-state index in [0.29, 0.717) is 28.3 Å². The number of nitrogens with one attached hydrogen (secondary N) is 1. The molecule has 3 aromatic rings. The maximum atomic E-state index is 13.4. The standard InChI is InChI=1S/C25H17Cl2N3O6S/c1-11-5-13(12(2)29(11)17-7-14(23(33)34)6-15(8-17)24(35)36)9-18-21(31)28-25(37)30(22(18)32)16-3-4-19(26)20(27)10-16/h3-10H,1-2H3,(H,33,34)(H,35,36)(H,28,31,37)/b18-9+. The first-order valence-corrected chi connectivity index (χ1v) is 11.7. The predicted molar refractivity (Wildman–Crippen MR) is 142 cm³/mol. The molecule has 4 rings (SSSR count). The first-order chi connectivity index (χ1) is 17.4. The molecule has 9 nitrogen and oxygen atoms in total. The average Bonchev–Trinajstić information content (AvgIpc) is 3.11. The molecule has 12 heteroatoms. The van der Waals surface area contributed by atoms with Crippen molar-refractivity contribution in [2.24, 2.45) is 0 Å². The minimum Gasteiger partial charge on any atom is -0.478 e. The van der Waals surface area contributed by atoms with Crippen LogP contribution in [0.5, 0.6) is 0 Å². The van der Waals surface area contributed by atoms with Gasteiger partial charge in [-0.3, -0.25) is 19.8 Å². The lowest BCUT2D eigenvalue weighted by molar-refractivity contribution is -0.122. The molecule has 0 spiro atoms. The van der Waals surface area contributed by atoms with E-state index in [2.05, 4.69) is 5.32 Å². The molecule has 2 amide bonds. The number of thiocarbonyl (C=S) groups is 1. The Morgan fingerprint density at radius 2 is 1.54 bits per heavy atom. The van der Waals surface area contributed by atoms with E-state index in [4.69, 9.17) is 35.4 Å². The van der Waals surface area contributed by atoms with Gasteiger partial charge < -0.3 is 14.8 Å². The SMILES string of the molecule is Cc1cc(/C=C2\C(=O)NC(=S)N(c3ccc(Cl)c(Cl)c3)C2=O)c(C)n1-c1cc(C(=O)O)cc(C(=O)O)c1. The summed E-state index contributed by atoms with van der Waals surface area (Å²) in [6, 6.07) is 9.92. The normalized spacial score (nSPS) is 14.8. The molecule has 0 unspecified atom stereocenters. The maximum absolute atomic E-state index is 13.4. The highest BCUT2D eigenvalue weighted by molar-refractivity contribution is 7.80. The fraction of sp³-hybridized carbons (Fsp3) is 0.0800. The van der Waals surface area contributed by atoms with Gasteiger partial charge in [0.05, 0.1) is 26.9 Å². The number of carbonyl (C=O) groups excluding carboxylic acids is 2. The van der Waals surface area contributed by atoms with Gasteiger partial charge in [-0.15, -0.1) is 0 Å². The summed E-state index contributed by atoms with van der Waals surface area (Å²) < 4.78 is 1.64. The first kappa shape index (κ1) is 26.1. The zero-order valence-electron chi connectivity index (χ0n) is 19.2. The van der Waals surface area contributed by atoms with Crippen molar-refractivity contribution in [3.8, 4) is 5.69 Å². The van der Waals surface area contributed by atoms with Gasteiger partial charge in [0.1, 0.15) is 5.57 Å². The highest BCUT2D eigenvalue weighted by atomic mass is 35.5. The summed E-state index contributed by atoms with van der Waals surface area (Å²) in [5, 5.41) is 21.7. The number of aromatic carboxylic acids is 2. The van der Waals surface area contributed by atoms with E-state index >= 15 is 0 Å². The van der Waals surface area contributed by atoms with Gasteiger partial charge in [-0.2, -0.15) is 0 Å². The van der Waals surface area contributed by atoms with Crippen LogP contribution in [0, 0.1) is 13.8 Å². The summed E-state index contributed by atoms with van der Waals surface area (Å²) in [4.78, 5) is 50.3. The number of aromatic nitrogens is 1. The van der Waals surface area contributed by atoms with Crippen molar-refractivity contribution in [2.45, 2.75) is 13.8 Å². The van der Waals surface area contributed by atoms with E-state index in [1.165, 1.54) is 36.4 Å². The van der Waals surface area contributed by atoms with Gasteiger partial charge in [0.15, 0.2) is 5.11 Å². The molecule has 2 aromatic carbocycles. The Labute approximate surface area is 225 Å². The average molecular weight is 558 g/mol. The van der Waals surface area contributed by atoms with Gasteiger partial charge >= 0.3 is 11.9 Å². The summed E-state index contributed by atoms with van der Waals surface area (Å²) in [6.07, 6.45) is 1.39. The van der Waals surface area contributed by atoms with Crippen LogP contribution in [0.15, 0.2) is 48.0 Å². The molecule has 1 aliphatic heterocycles. The van der Waals surface area contributed by atoms with Crippen molar-refractivity contribution in [3.05, 3.63) is 86.2 Å². The molecular formula is C25H17Cl2N3O6S. The molecule has 188 valence electrons. The second-order valence-corrected chi connectivity index (χ2v) is 9.30. The van der Waals surface area contributed by atoms with E-state index in [-0.39, 0.29) is 31.9 Å². The smallest absolute Gasteiger partial charge is 0.335 e. The number of carboxylic acid groups (broad SMARTS) is 2. The zero-order chi connectivity index (χ0) is 27.2. The van der Waals surface area contributed by atoms with E-state index in [0.717, 1.165) is 11.0 Å². The fourth-order valence-electron chi connectivity index (χ4n) is 3.99. The lowest BCUT2D eigenvalue weighted by Gasteiger charge is -2.29. The number of anilines is 1. The van der Waals surface area contributed by atoms with Crippen LogP contribution < -0.4 is 10.2 Å². The molecule has 1 aromatic heterocycles. The third-order valence-electron chi connectivity index (χ3n) is 5.70. The molecule has 1 saturated heterocycles. The monoisotopic (exact) mass is 557 g/mol. The van der Waals surface area contributed by atoms with Crippen LogP contribution in [-0.2, 0) is 9.59 Å². The molecule has 37 heavy (non-hydrogen) atoms. The number of hydrogen-bond donors (Lipinski definition) is 3. The molecule has 0 saturated carbocycles. The lowest BCUT2D eigenvalue weighted by atomic mass is 10.1. The third kappa shape index (κ3) is 4.86. The molecule has 1 aliphatic rings. The van der Waals surface area contributed by atoms with Crippen LogP contribution in [0.3, 0.4) is 0 Å². The zero-order valence-corrected chi connectivity index (χ0v) is 21.5. The topological polar surface area (TPSA) is 129 Å². The van der Waals surface area contributed by atoms with Crippen LogP contribution in [0.1, 0.15) is 37.7 Å². The quantitative estimate of drug-likeness (QED) is 0.237. The van der Waals surface area contributed by atoms with Crippen LogP contribution in [0.2, 0.25) is 10.0 Å². The molecular weight excluding hydrogens is 541 g/mol. The predicted octanol–water partition coefficient (Wildman–Crippen LogP) is 4.63. The van der Waals surface area contributed by atoms with Gasteiger partial charge in [0.25, 0.3) is 11.8 Å². The third-order valence-corrected chi connectivity index (χ3v) is 6.73. The number of carbonyl (C=O) groups is 4. The Hall–Kier alpha value is -3.99. The molecule has 1 fully saturated rings. The molecule has 2 heterocycles. The Morgan fingerprint density at radius 1 is 0.919 bits per heavy atom. The number of amides is 2. The van der Waals surface area contributed by atoms with E-state index < -0.39 is 23.8 Å². The number of rotatable bonds is 5. The van der Waals surface area contributed by atoms with Crippen LogP contribution in [0.25, 0.3) is 11.8 Å². The summed E-state index contributed by atoms with van der Waals surface area (Å²) in [7, 11) is 0. The highest BCUT2D eigenvalue weighted by Crippen LogP contribution is 2.30. The largest absolute Gasteiger partial charge is 0.478 e. The number of hydrogen-bond acceptors (Lipinski definition) is 5. The van der Waals surface area contributed by atoms with E-state index in [1.807, 2.05) is 0 Å². The lowest BCUT2D eigenvalue weighted by Crippen LogP contribution is -2.54. The van der Waals surface area contributed by atoms with Gasteiger partial charge in [0.2, 0.25) is 0 Å². The number of halogens is 2. The second-order valence-electron chi connectivity index (χ2n) is 8.10. The van der Waals surface area contributed by atoms with Gasteiger partial charge in [0, 0.05) is 17.1 Å². The fourth-order valence-corrected chi connectivity index (χ4v) is 4.56. The highest BCUT2D eigenvalue weighted by Gasteiger charge is 2.35. The number of aryl methyl sites for hydroxylation is 1. The first-order valence-electron chi connectivity index (χ1n) is 10.6. The van der Waals surface area contributed by atoms with Gasteiger partial charge in [-0.05, 0) is 80.2 Å². The Bertz CT molecular complexity index is 1540. The Balaban J connectivity index is 1.81. The van der Waals surface area contributed by atoms with Gasteiger partial charge in [-0.1, -0.05) is 23.2 Å². The van der Waals surface area contributed by atoms with Crippen molar-refractivity contribution in [2.75, 3.05) is 4.90 Å². The van der Waals surface area contributed by atoms with Gasteiger partial charge in [-0.25, -0.2) is 9.59 Å². The number of nitrogens with zero attached hydrogens (tertiary/aromatic N) is 2. The van der Waals surface area contributed by atoms with Crippen molar-refractivity contribution < 1.29 is 29.4 Å². The summed E-state index contributed by atoms with van der Waals surface area (Å²) in [6.45, 7) is 3.42. The van der Waals surface area contributed by atoms with Crippen molar-refractivity contribution in [1.29, 1.82) is 0 Å². The molecule has 3 N–H and O–H groups in total. The minimum absolute atomic E-state index is 0.123. The minimum atomic E-state index is -1.28. The Morgan fingerprint density at radius 3 is 2.11 bits per heavy atom. The molecule has 0 bridgehead atoms. The molecule has 0 radical (unpaired) electrons. The van der Waals surface area contributed by atoms with E-state index in [9.17, 15) is 29.4 Å². The molecule has 0 aliphatic carbocycles.